The smallest absolute Gasteiger partial charge is 0.101 e. The number of allylic oxidation sites excluding steroid dienone is 6. The van der Waals surface area contributed by atoms with Crippen LogP contribution in [0.15, 0.2) is 127 Å². The molecule has 1 atom stereocenters. The minimum Gasteiger partial charge on any atom is -0.309 e. The number of hydrogen-bond donors (Lipinski definition) is 0. The fraction of sp³-hybridized carbons (Fsp3) is 0.109. The van der Waals surface area contributed by atoms with Gasteiger partial charge in [0.05, 0.1) is 56.8 Å². The van der Waals surface area contributed by atoms with Crippen LogP contribution in [0.3, 0.4) is 0 Å². The lowest BCUT2D eigenvalue weighted by atomic mass is 9.84. The summed E-state index contributed by atoms with van der Waals surface area (Å²) in [6.45, 7) is 2.25. The van der Waals surface area contributed by atoms with Crippen molar-refractivity contribution in [1.82, 2.24) is 9.13 Å². The first kappa shape index (κ1) is 30.2. The number of aryl methyl sites for hydroxylation is 1. The van der Waals surface area contributed by atoms with E-state index in [1.807, 2.05) is 42.5 Å². The molecular formula is C46H31N5. The van der Waals surface area contributed by atoms with Gasteiger partial charge in [-0.05, 0) is 102 Å². The molecule has 7 aromatic rings. The van der Waals surface area contributed by atoms with E-state index in [0.717, 1.165) is 63.9 Å². The van der Waals surface area contributed by atoms with Crippen molar-refractivity contribution in [1.29, 1.82) is 15.8 Å². The Labute approximate surface area is 296 Å². The quantitative estimate of drug-likeness (QED) is 0.190. The van der Waals surface area contributed by atoms with Crippen molar-refractivity contribution in [3.05, 3.63) is 161 Å². The van der Waals surface area contributed by atoms with Crippen LogP contribution in [0.4, 0.5) is 0 Å². The Hall–Kier alpha value is -6.87. The number of fused-ring (bicyclic) bond motifs is 6. The zero-order valence-corrected chi connectivity index (χ0v) is 28.1. The summed E-state index contributed by atoms with van der Waals surface area (Å²) in [6.07, 6.45) is 9.05. The van der Waals surface area contributed by atoms with Gasteiger partial charge in [-0.3, -0.25) is 0 Å². The molecule has 2 aliphatic carbocycles. The van der Waals surface area contributed by atoms with E-state index in [0.29, 0.717) is 16.7 Å². The van der Waals surface area contributed by atoms with Crippen molar-refractivity contribution >= 4 is 49.4 Å². The highest BCUT2D eigenvalue weighted by Crippen LogP contribution is 2.42. The molecule has 51 heavy (non-hydrogen) atoms. The van der Waals surface area contributed by atoms with E-state index in [9.17, 15) is 15.8 Å². The van der Waals surface area contributed by atoms with Crippen molar-refractivity contribution < 1.29 is 0 Å². The van der Waals surface area contributed by atoms with Crippen LogP contribution in [-0.2, 0) is 6.42 Å². The first-order valence-electron chi connectivity index (χ1n) is 17.3. The van der Waals surface area contributed by atoms with Gasteiger partial charge >= 0.3 is 0 Å². The Balaban J connectivity index is 1.22. The fourth-order valence-corrected chi connectivity index (χ4v) is 8.22. The van der Waals surface area contributed by atoms with Crippen molar-refractivity contribution in [2.75, 3.05) is 0 Å². The van der Waals surface area contributed by atoms with Crippen LogP contribution in [0.5, 0.6) is 0 Å². The Morgan fingerprint density at radius 2 is 1.37 bits per heavy atom. The van der Waals surface area contributed by atoms with E-state index >= 15 is 0 Å². The average Bonchev–Trinajstić information content (AvgIpc) is 3.70. The van der Waals surface area contributed by atoms with Gasteiger partial charge < -0.3 is 9.13 Å². The molecule has 0 fully saturated rings. The lowest BCUT2D eigenvalue weighted by Gasteiger charge is -2.23. The van der Waals surface area contributed by atoms with Crippen LogP contribution in [0.25, 0.3) is 60.8 Å². The number of rotatable bonds is 4. The van der Waals surface area contributed by atoms with Gasteiger partial charge in [-0.1, -0.05) is 79.7 Å². The molecule has 0 spiro atoms. The summed E-state index contributed by atoms with van der Waals surface area (Å²) in [5, 5.41) is 33.5. The second-order valence-corrected chi connectivity index (χ2v) is 13.5. The van der Waals surface area contributed by atoms with Gasteiger partial charge in [-0.2, -0.15) is 15.8 Å². The molecule has 0 saturated heterocycles. The second-order valence-electron chi connectivity index (χ2n) is 13.5. The number of aromatic nitrogens is 2. The van der Waals surface area contributed by atoms with Gasteiger partial charge in [0.25, 0.3) is 0 Å². The van der Waals surface area contributed by atoms with Crippen LogP contribution >= 0.6 is 0 Å². The van der Waals surface area contributed by atoms with Crippen LogP contribution in [0.2, 0.25) is 0 Å². The van der Waals surface area contributed by atoms with Crippen LogP contribution in [0.1, 0.15) is 53.3 Å². The van der Waals surface area contributed by atoms with Gasteiger partial charge in [0.1, 0.15) is 6.07 Å². The van der Waals surface area contributed by atoms with Crippen LogP contribution in [-0.4, -0.2) is 9.13 Å². The maximum absolute atomic E-state index is 10.3. The number of benzene rings is 5. The van der Waals surface area contributed by atoms with E-state index in [2.05, 4.69) is 119 Å². The van der Waals surface area contributed by atoms with E-state index in [1.165, 1.54) is 32.9 Å². The second kappa shape index (κ2) is 11.9. The number of nitriles is 3. The molecule has 2 heterocycles. The molecular weight excluding hydrogens is 623 g/mol. The molecule has 0 N–H and O–H groups in total. The lowest BCUT2D eigenvalue weighted by molar-refractivity contribution is 0.751. The highest BCUT2D eigenvalue weighted by Gasteiger charge is 2.27. The third-order valence-corrected chi connectivity index (χ3v) is 10.4. The molecule has 5 heteroatoms. The largest absolute Gasteiger partial charge is 0.309 e. The number of para-hydroxylation sites is 2. The Kier molecular flexibility index (Phi) is 7.06. The SMILES string of the molecule is CC1C=C(c2ccc(C#N)cc2-n2c3c(c4cc(C#N)ccc42)CCC=C3C#N)C=C(c2cccc(-n3c4ccccc4c4ccccc43)c2)C1. The lowest BCUT2D eigenvalue weighted by Crippen LogP contribution is -2.08. The summed E-state index contributed by atoms with van der Waals surface area (Å²) in [6, 6.07) is 44.7. The molecule has 1 unspecified atom stereocenters. The predicted octanol–water partition coefficient (Wildman–Crippen LogP) is 10.8. The summed E-state index contributed by atoms with van der Waals surface area (Å²) in [4.78, 5) is 0. The zero-order chi connectivity index (χ0) is 34.6. The van der Waals surface area contributed by atoms with Gasteiger partial charge in [-0.25, -0.2) is 0 Å². The van der Waals surface area contributed by atoms with E-state index in [-0.39, 0.29) is 5.92 Å². The minimum absolute atomic E-state index is 0.267. The molecule has 5 nitrogen and oxygen atoms in total. The third-order valence-electron chi connectivity index (χ3n) is 10.4. The highest BCUT2D eigenvalue weighted by atomic mass is 15.0. The fourth-order valence-electron chi connectivity index (χ4n) is 8.22. The number of nitrogens with zero attached hydrogens (tertiary/aromatic N) is 5. The summed E-state index contributed by atoms with van der Waals surface area (Å²) < 4.78 is 4.50. The Morgan fingerprint density at radius 1 is 0.667 bits per heavy atom. The van der Waals surface area contributed by atoms with Crippen molar-refractivity contribution in [2.45, 2.75) is 26.2 Å². The summed E-state index contributed by atoms with van der Waals surface area (Å²) >= 11 is 0. The zero-order valence-electron chi connectivity index (χ0n) is 28.1. The molecule has 0 bridgehead atoms. The molecule has 0 amide bonds. The third kappa shape index (κ3) is 4.81. The molecule has 0 radical (unpaired) electrons. The van der Waals surface area contributed by atoms with E-state index in [4.69, 9.17) is 0 Å². The van der Waals surface area contributed by atoms with Crippen molar-refractivity contribution in [3.63, 3.8) is 0 Å². The summed E-state index contributed by atoms with van der Waals surface area (Å²) in [5.41, 5.74) is 13.4. The molecule has 5 aromatic carbocycles. The average molecular weight is 654 g/mol. The van der Waals surface area contributed by atoms with Gasteiger partial charge in [0, 0.05) is 27.4 Å². The van der Waals surface area contributed by atoms with E-state index in [1.54, 1.807) is 0 Å². The molecule has 240 valence electrons. The maximum Gasteiger partial charge on any atom is 0.101 e. The minimum atomic E-state index is 0.267. The first-order valence-corrected chi connectivity index (χ1v) is 17.3. The standard InChI is InChI=1S/C46H31N5/c1-29-20-34(32-8-6-10-36(25-32)50-42-14-4-2-11-38(42)39-12-3-5-15-43(39)50)24-35(21-29)37-18-16-31(27-48)23-45(37)51-44-19-17-30(26-47)22-41(44)40-13-7-9-33(28-49)46(40)51/h2-6,8-12,14-19,21-25,29H,7,13,20H2,1H3. The van der Waals surface area contributed by atoms with Gasteiger partial charge in [-0.15, -0.1) is 0 Å². The summed E-state index contributed by atoms with van der Waals surface area (Å²) in [7, 11) is 0. The maximum atomic E-state index is 10.3. The Bertz CT molecular complexity index is 2780. The monoisotopic (exact) mass is 653 g/mol. The molecule has 2 aromatic heterocycles. The summed E-state index contributed by atoms with van der Waals surface area (Å²) in [5.74, 6) is 0.267. The molecule has 2 aliphatic rings. The normalized spacial score (nSPS) is 15.4. The van der Waals surface area contributed by atoms with Crippen molar-refractivity contribution in [3.8, 4) is 29.6 Å². The predicted molar refractivity (Wildman–Crippen MR) is 205 cm³/mol. The highest BCUT2D eigenvalue weighted by molar-refractivity contribution is 6.09. The van der Waals surface area contributed by atoms with Crippen LogP contribution < -0.4 is 0 Å². The first-order chi connectivity index (χ1) is 25.1. The van der Waals surface area contributed by atoms with Gasteiger partial charge in [0.2, 0.25) is 0 Å². The van der Waals surface area contributed by atoms with Crippen molar-refractivity contribution in [2.24, 2.45) is 5.92 Å². The van der Waals surface area contributed by atoms with Gasteiger partial charge in [0.15, 0.2) is 0 Å². The van der Waals surface area contributed by atoms with Crippen LogP contribution in [0, 0.1) is 39.9 Å². The topological polar surface area (TPSA) is 81.2 Å². The number of hydrogen-bond acceptors (Lipinski definition) is 3. The molecule has 9 rings (SSSR count). The Morgan fingerprint density at radius 3 is 2.12 bits per heavy atom. The molecule has 0 saturated carbocycles. The molecule has 0 aliphatic heterocycles. The van der Waals surface area contributed by atoms with E-state index < -0.39 is 0 Å².